The van der Waals surface area contributed by atoms with Crippen molar-refractivity contribution in [3.05, 3.63) is 30.1 Å². The van der Waals surface area contributed by atoms with Gasteiger partial charge in [-0.25, -0.2) is 4.39 Å². The molecule has 1 aromatic carbocycles. The van der Waals surface area contributed by atoms with Gasteiger partial charge in [-0.1, -0.05) is 43.4 Å². The van der Waals surface area contributed by atoms with Gasteiger partial charge in [-0.2, -0.15) is 0 Å². The van der Waals surface area contributed by atoms with Crippen molar-refractivity contribution in [1.29, 1.82) is 0 Å². The fourth-order valence-corrected chi connectivity index (χ4v) is 2.58. The van der Waals surface area contributed by atoms with Crippen molar-refractivity contribution < 1.29 is 4.39 Å². The highest BCUT2D eigenvalue weighted by atomic mass is 28.3. The summed E-state index contributed by atoms with van der Waals surface area (Å²) in [5.74, 6) is -0.139. The minimum Gasteiger partial charge on any atom is -0.207 e. The maximum absolute atomic E-state index is 12.6. The lowest BCUT2D eigenvalue weighted by molar-refractivity contribution is 0.628. The number of benzene rings is 1. The lowest BCUT2D eigenvalue weighted by atomic mass is 10.3. The van der Waals surface area contributed by atoms with Gasteiger partial charge in [-0.05, 0) is 12.1 Å². The summed E-state index contributed by atoms with van der Waals surface area (Å²) in [6.07, 6.45) is 0. The molecule has 0 fully saturated rings. The van der Waals surface area contributed by atoms with Crippen LogP contribution >= 0.6 is 0 Å². The zero-order valence-electron chi connectivity index (χ0n) is 7.89. The van der Waals surface area contributed by atoms with Crippen LogP contribution in [-0.4, -0.2) is 8.07 Å². The second-order valence-corrected chi connectivity index (χ2v) is 8.80. The summed E-state index contributed by atoms with van der Waals surface area (Å²) < 4.78 is 12.6. The van der Waals surface area contributed by atoms with Crippen molar-refractivity contribution in [3.63, 3.8) is 0 Å². The molecule has 0 N–H and O–H groups in total. The lowest BCUT2D eigenvalue weighted by Gasteiger charge is -2.20. The average Bonchev–Trinajstić information content (AvgIpc) is 2.05. The number of rotatable bonds is 2. The first-order valence-corrected chi connectivity index (χ1v) is 7.53. The molecular formula is C10H15FSi. The van der Waals surface area contributed by atoms with E-state index in [2.05, 4.69) is 20.0 Å². The molecule has 0 aliphatic heterocycles. The molecule has 0 atom stereocenters. The molecule has 0 nitrogen and oxygen atoms in total. The fourth-order valence-electron chi connectivity index (χ4n) is 1.11. The van der Waals surface area contributed by atoms with E-state index in [-0.39, 0.29) is 5.82 Å². The van der Waals surface area contributed by atoms with Crippen LogP contribution in [0.2, 0.25) is 19.1 Å². The summed E-state index contributed by atoms with van der Waals surface area (Å²) >= 11 is 0. The summed E-state index contributed by atoms with van der Waals surface area (Å²) in [5.41, 5.74) is 0. The Hall–Kier alpha value is -0.633. The number of hydrogen-bond donors (Lipinski definition) is 0. The van der Waals surface area contributed by atoms with Gasteiger partial charge in [0.1, 0.15) is 5.82 Å². The van der Waals surface area contributed by atoms with Crippen molar-refractivity contribution in [1.82, 2.24) is 0 Å². The van der Waals surface area contributed by atoms with Gasteiger partial charge in [0.25, 0.3) is 0 Å². The molecule has 0 bridgehead atoms. The lowest BCUT2D eigenvalue weighted by Crippen LogP contribution is -2.40. The number of hydrogen-bond acceptors (Lipinski definition) is 0. The van der Waals surface area contributed by atoms with E-state index in [0.717, 1.165) is 0 Å². The Labute approximate surface area is 74.4 Å². The van der Waals surface area contributed by atoms with Gasteiger partial charge < -0.3 is 0 Å². The van der Waals surface area contributed by atoms with E-state index in [4.69, 9.17) is 0 Å². The first-order chi connectivity index (χ1) is 5.56. The van der Waals surface area contributed by atoms with Crippen LogP contribution in [0.4, 0.5) is 4.39 Å². The standard InChI is InChI=1S/C10H15FSi/c1-4-12(2,3)10-7-5-9(11)6-8-10/h5-8H,4H2,1-3H3. The predicted octanol–water partition coefficient (Wildman–Crippen LogP) is 2.76. The van der Waals surface area contributed by atoms with Crippen LogP contribution in [-0.2, 0) is 0 Å². The molecule has 1 aromatic rings. The Bertz CT molecular complexity index is 251. The summed E-state index contributed by atoms with van der Waals surface area (Å²) in [6.45, 7) is 6.82. The molecule has 0 spiro atoms. The van der Waals surface area contributed by atoms with Crippen LogP contribution in [0.25, 0.3) is 0 Å². The Kier molecular flexibility index (Phi) is 2.68. The highest BCUT2D eigenvalue weighted by Crippen LogP contribution is 2.08. The molecule has 2 heteroatoms. The second kappa shape index (κ2) is 3.40. The highest BCUT2D eigenvalue weighted by Gasteiger charge is 2.19. The van der Waals surface area contributed by atoms with E-state index in [0.29, 0.717) is 0 Å². The maximum atomic E-state index is 12.6. The van der Waals surface area contributed by atoms with E-state index in [1.54, 1.807) is 12.1 Å². The molecule has 1 rings (SSSR count). The summed E-state index contributed by atoms with van der Waals surface area (Å²) in [7, 11) is -1.24. The zero-order valence-corrected chi connectivity index (χ0v) is 8.89. The van der Waals surface area contributed by atoms with Crippen molar-refractivity contribution in [2.75, 3.05) is 0 Å². The Morgan fingerprint density at radius 1 is 1.17 bits per heavy atom. The third kappa shape index (κ3) is 1.94. The van der Waals surface area contributed by atoms with Crippen LogP contribution in [0.15, 0.2) is 24.3 Å². The van der Waals surface area contributed by atoms with Crippen LogP contribution in [0.5, 0.6) is 0 Å². The van der Waals surface area contributed by atoms with Crippen molar-refractivity contribution in [2.24, 2.45) is 0 Å². The molecule has 0 saturated carbocycles. The monoisotopic (exact) mass is 182 g/mol. The third-order valence-corrected chi connectivity index (χ3v) is 6.17. The van der Waals surface area contributed by atoms with E-state index < -0.39 is 8.07 Å². The molecule has 0 amide bonds. The van der Waals surface area contributed by atoms with Crippen LogP contribution < -0.4 is 5.19 Å². The molecule has 12 heavy (non-hydrogen) atoms. The minimum atomic E-state index is -1.24. The normalized spacial score (nSPS) is 11.7. The molecule has 66 valence electrons. The van der Waals surface area contributed by atoms with Gasteiger partial charge in [0.05, 0.1) is 8.07 Å². The van der Waals surface area contributed by atoms with Crippen molar-refractivity contribution in [2.45, 2.75) is 26.1 Å². The molecule has 0 aliphatic carbocycles. The first-order valence-electron chi connectivity index (χ1n) is 4.32. The molecule has 0 heterocycles. The van der Waals surface area contributed by atoms with Gasteiger partial charge in [0.2, 0.25) is 0 Å². The topological polar surface area (TPSA) is 0 Å². The molecule has 0 saturated heterocycles. The van der Waals surface area contributed by atoms with Gasteiger partial charge in [0.15, 0.2) is 0 Å². The third-order valence-electron chi connectivity index (χ3n) is 2.51. The van der Waals surface area contributed by atoms with Crippen LogP contribution in [0.3, 0.4) is 0 Å². The Morgan fingerprint density at radius 3 is 2.08 bits per heavy atom. The zero-order chi connectivity index (χ0) is 9.19. The van der Waals surface area contributed by atoms with E-state index >= 15 is 0 Å². The quantitative estimate of drug-likeness (QED) is 0.617. The van der Waals surface area contributed by atoms with Gasteiger partial charge in [0, 0.05) is 0 Å². The summed E-state index contributed by atoms with van der Waals surface area (Å²) in [6, 6.07) is 8.16. The first kappa shape index (κ1) is 9.45. The Morgan fingerprint density at radius 2 is 1.67 bits per heavy atom. The predicted molar refractivity (Wildman–Crippen MR) is 54.0 cm³/mol. The maximum Gasteiger partial charge on any atom is 0.123 e. The molecular weight excluding hydrogens is 167 g/mol. The molecule has 0 unspecified atom stereocenters. The fraction of sp³-hybridized carbons (Fsp3) is 0.400. The average molecular weight is 182 g/mol. The SMILES string of the molecule is CC[Si](C)(C)c1ccc(F)cc1. The smallest absolute Gasteiger partial charge is 0.123 e. The van der Waals surface area contributed by atoms with E-state index in [1.807, 2.05) is 12.1 Å². The summed E-state index contributed by atoms with van der Waals surface area (Å²) in [5, 5.41) is 1.34. The Balaban J connectivity index is 2.96. The summed E-state index contributed by atoms with van der Waals surface area (Å²) in [4.78, 5) is 0. The molecule has 0 aliphatic rings. The van der Waals surface area contributed by atoms with Gasteiger partial charge in [-0.3, -0.25) is 0 Å². The van der Waals surface area contributed by atoms with Gasteiger partial charge in [-0.15, -0.1) is 0 Å². The van der Waals surface area contributed by atoms with Crippen molar-refractivity contribution in [3.8, 4) is 0 Å². The van der Waals surface area contributed by atoms with E-state index in [9.17, 15) is 4.39 Å². The largest absolute Gasteiger partial charge is 0.207 e. The van der Waals surface area contributed by atoms with Crippen LogP contribution in [0, 0.1) is 5.82 Å². The van der Waals surface area contributed by atoms with Crippen LogP contribution in [0.1, 0.15) is 6.92 Å². The van der Waals surface area contributed by atoms with Crippen molar-refractivity contribution >= 4 is 13.3 Å². The minimum absolute atomic E-state index is 0.139. The van der Waals surface area contributed by atoms with Gasteiger partial charge >= 0.3 is 0 Å². The molecule has 0 aromatic heterocycles. The molecule has 0 radical (unpaired) electrons. The number of halogens is 1. The second-order valence-electron chi connectivity index (χ2n) is 3.74. The highest BCUT2D eigenvalue weighted by molar-refractivity contribution is 6.89. The van der Waals surface area contributed by atoms with E-state index in [1.165, 1.54) is 11.2 Å².